The fraction of sp³-hybridized carbons (Fsp3) is 0.400. The van der Waals surface area contributed by atoms with Crippen LogP contribution in [0.1, 0.15) is 12.1 Å². The van der Waals surface area contributed by atoms with Gasteiger partial charge in [-0.2, -0.15) is 0 Å². The van der Waals surface area contributed by atoms with Crippen LogP contribution in [0.5, 0.6) is 0 Å². The second kappa shape index (κ2) is 8.81. The number of aliphatic imine (C=N–C) groups is 1. The van der Waals surface area contributed by atoms with Crippen LogP contribution >= 0.6 is 24.0 Å². The van der Waals surface area contributed by atoms with Crippen molar-refractivity contribution >= 4 is 35.8 Å². The Morgan fingerprint density at radius 2 is 2.38 bits per heavy atom. The smallest absolute Gasteiger partial charge is 0.191 e. The predicted molar refractivity (Wildman–Crippen MR) is 100 cm³/mol. The van der Waals surface area contributed by atoms with Gasteiger partial charge in [-0.25, -0.2) is 9.37 Å². The first-order valence-electron chi connectivity index (χ1n) is 7.48. The number of anilines is 1. The number of nitrogens with zero attached hydrogens (tertiary/aromatic N) is 4. The van der Waals surface area contributed by atoms with E-state index in [4.69, 9.17) is 4.52 Å². The number of hydrogen-bond acceptors (Lipinski definition) is 5. The van der Waals surface area contributed by atoms with Gasteiger partial charge in [0, 0.05) is 38.4 Å². The second-order valence-corrected chi connectivity index (χ2v) is 5.30. The fourth-order valence-electron chi connectivity index (χ4n) is 2.57. The van der Waals surface area contributed by atoms with Crippen LogP contribution in [-0.4, -0.2) is 42.3 Å². The van der Waals surface area contributed by atoms with Crippen LogP contribution in [0.15, 0.2) is 40.2 Å². The van der Waals surface area contributed by atoms with Gasteiger partial charge in [-0.05, 0) is 18.6 Å². The molecule has 130 valence electrons. The normalized spacial score (nSPS) is 17.5. The van der Waals surface area contributed by atoms with Gasteiger partial charge in [-0.1, -0.05) is 5.16 Å². The lowest BCUT2D eigenvalue weighted by Crippen LogP contribution is -2.44. The quantitative estimate of drug-likeness (QED) is 0.424. The number of pyridine rings is 1. The number of hydrogen-bond donors (Lipinski definition) is 2. The van der Waals surface area contributed by atoms with Crippen molar-refractivity contribution in [2.75, 3.05) is 25.0 Å². The van der Waals surface area contributed by atoms with E-state index in [9.17, 15) is 4.39 Å². The minimum Gasteiger partial charge on any atom is -0.364 e. The molecule has 1 fully saturated rings. The minimum absolute atomic E-state index is 0. The number of rotatable bonds is 4. The highest BCUT2D eigenvalue weighted by Crippen LogP contribution is 2.20. The topological polar surface area (TPSA) is 78.6 Å². The van der Waals surface area contributed by atoms with Crippen LogP contribution < -0.4 is 15.5 Å². The lowest BCUT2D eigenvalue weighted by Gasteiger charge is -2.19. The number of nitrogens with one attached hydrogen (secondary N) is 2. The van der Waals surface area contributed by atoms with Crippen LogP contribution in [0.3, 0.4) is 0 Å². The summed E-state index contributed by atoms with van der Waals surface area (Å²) in [4.78, 5) is 10.3. The number of aromatic nitrogens is 2. The highest BCUT2D eigenvalue weighted by Gasteiger charge is 2.25. The largest absolute Gasteiger partial charge is 0.364 e. The fourth-order valence-corrected chi connectivity index (χ4v) is 2.57. The van der Waals surface area contributed by atoms with E-state index in [0.29, 0.717) is 24.9 Å². The second-order valence-electron chi connectivity index (χ2n) is 5.30. The SMILES string of the molecule is CN=C(NCc1ccon1)NC1CCN(c2ncccc2F)C1.I. The van der Waals surface area contributed by atoms with Crippen molar-refractivity contribution in [3.8, 4) is 0 Å². The van der Waals surface area contributed by atoms with Crippen LogP contribution in [0, 0.1) is 5.82 Å². The standard InChI is InChI=1S/C15H19FN6O.HI/c1-17-15(19-9-11-5-8-23-21-11)20-12-4-7-22(10-12)14-13(16)3-2-6-18-14;/h2-3,5-6,8,12H,4,7,9-10H2,1H3,(H2,17,19,20);1H. The number of halogens is 2. The van der Waals surface area contributed by atoms with Crippen molar-refractivity contribution in [1.29, 1.82) is 0 Å². The maximum Gasteiger partial charge on any atom is 0.191 e. The third-order valence-electron chi connectivity index (χ3n) is 3.72. The van der Waals surface area contributed by atoms with Gasteiger partial charge in [-0.3, -0.25) is 4.99 Å². The predicted octanol–water partition coefficient (Wildman–Crippen LogP) is 1.77. The van der Waals surface area contributed by atoms with Crippen LogP contribution in [0.2, 0.25) is 0 Å². The Morgan fingerprint density at radius 3 is 3.08 bits per heavy atom. The Balaban J connectivity index is 0.00000208. The van der Waals surface area contributed by atoms with Crippen LogP contribution in [-0.2, 0) is 6.54 Å². The van der Waals surface area contributed by atoms with Gasteiger partial charge in [-0.15, -0.1) is 24.0 Å². The molecule has 0 radical (unpaired) electrons. The Labute approximate surface area is 156 Å². The average molecular weight is 446 g/mol. The summed E-state index contributed by atoms with van der Waals surface area (Å²) in [5.41, 5.74) is 0.802. The molecule has 1 atom stereocenters. The first-order valence-corrected chi connectivity index (χ1v) is 7.48. The van der Waals surface area contributed by atoms with Crippen molar-refractivity contribution in [3.63, 3.8) is 0 Å². The molecule has 0 amide bonds. The molecule has 3 rings (SSSR count). The molecule has 0 spiro atoms. The van der Waals surface area contributed by atoms with Gasteiger partial charge in [0.25, 0.3) is 0 Å². The molecular weight excluding hydrogens is 426 g/mol. The molecule has 9 heteroatoms. The lowest BCUT2D eigenvalue weighted by molar-refractivity contribution is 0.410. The summed E-state index contributed by atoms with van der Waals surface area (Å²) in [5, 5.41) is 10.3. The van der Waals surface area contributed by atoms with Gasteiger partial charge in [0.05, 0.1) is 6.54 Å². The zero-order chi connectivity index (χ0) is 16.1. The summed E-state index contributed by atoms with van der Waals surface area (Å²) in [5.74, 6) is 0.797. The van der Waals surface area contributed by atoms with E-state index in [-0.39, 0.29) is 35.8 Å². The van der Waals surface area contributed by atoms with E-state index >= 15 is 0 Å². The average Bonchev–Trinajstić information content (AvgIpc) is 3.23. The van der Waals surface area contributed by atoms with Gasteiger partial charge < -0.3 is 20.1 Å². The van der Waals surface area contributed by atoms with Crippen molar-refractivity contribution < 1.29 is 8.91 Å². The molecule has 2 N–H and O–H groups in total. The molecule has 1 unspecified atom stereocenters. The van der Waals surface area contributed by atoms with Gasteiger partial charge >= 0.3 is 0 Å². The monoisotopic (exact) mass is 446 g/mol. The zero-order valence-electron chi connectivity index (χ0n) is 13.3. The van der Waals surface area contributed by atoms with Gasteiger partial charge in [0.1, 0.15) is 12.0 Å². The Morgan fingerprint density at radius 1 is 1.50 bits per heavy atom. The molecule has 0 bridgehead atoms. The molecule has 7 nitrogen and oxygen atoms in total. The molecule has 2 aromatic heterocycles. The van der Waals surface area contributed by atoms with Crippen molar-refractivity contribution in [2.45, 2.75) is 19.0 Å². The van der Waals surface area contributed by atoms with E-state index in [0.717, 1.165) is 18.7 Å². The first kappa shape index (κ1) is 18.4. The van der Waals surface area contributed by atoms with E-state index in [1.165, 1.54) is 12.3 Å². The van der Waals surface area contributed by atoms with Crippen molar-refractivity contribution in [2.24, 2.45) is 4.99 Å². The molecule has 0 aliphatic carbocycles. The highest BCUT2D eigenvalue weighted by molar-refractivity contribution is 14.0. The van der Waals surface area contributed by atoms with Crippen LogP contribution in [0.4, 0.5) is 10.2 Å². The third-order valence-corrected chi connectivity index (χ3v) is 3.72. The van der Waals surface area contributed by atoms with Crippen molar-refractivity contribution in [3.05, 3.63) is 42.2 Å². The molecule has 1 saturated heterocycles. The molecule has 1 aliphatic heterocycles. The minimum atomic E-state index is -0.290. The van der Waals surface area contributed by atoms with Gasteiger partial charge in [0.15, 0.2) is 17.6 Å². The van der Waals surface area contributed by atoms with Crippen molar-refractivity contribution in [1.82, 2.24) is 20.8 Å². The van der Waals surface area contributed by atoms with E-state index < -0.39 is 0 Å². The summed E-state index contributed by atoms with van der Waals surface area (Å²) >= 11 is 0. The van der Waals surface area contributed by atoms with Crippen LogP contribution in [0.25, 0.3) is 0 Å². The maximum absolute atomic E-state index is 13.8. The molecule has 3 heterocycles. The summed E-state index contributed by atoms with van der Waals surface area (Å²) in [6.07, 6.45) is 4.03. The van der Waals surface area contributed by atoms with Gasteiger partial charge in [0.2, 0.25) is 0 Å². The zero-order valence-corrected chi connectivity index (χ0v) is 15.6. The summed E-state index contributed by atoms with van der Waals surface area (Å²) in [6.45, 7) is 1.96. The molecule has 1 aliphatic rings. The molecular formula is C15H20FIN6O. The Hall–Kier alpha value is -1.91. The number of guanidine groups is 1. The third kappa shape index (κ3) is 4.56. The Kier molecular flexibility index (Phi) is 6.76. The molecule has 0 saturated carbocycles. The molecule has 2 aromatic rings. The van der Waals surface area contributed by atoms with E-state index in [1.807, 2.05) is 4.90 Å². The Bertz CT molecular complexity index is 666. The summed E-state index contributed by atoms with van der Waals surface area (Å²) in [6, 6.07) is 5.00. The van der Waals surface area contributed by atoms with E-state index in [1.54, 1.807) is 25.4 Å². The van der Waals surface area contributed by atoms with E-state index in [2.05, 4.69) is 25.8 Å². The maximum atomic E-state index is 13.8. The summed E-state index contributed by atoms with van der Waals surface area (Å²) < 4.78 is 18.6. The molecule has 0 aromatic carbocycles. The lowest BCUT2D eigenvalue weighted by atomic mass is 10.3. The first-order chi connectivity index (χ1) is 11.3. The molecule has 24 heavy (non-hydrogen) atoms. The summed E-state index contributed by atoms with van der Waals surface area (Å²) in [7, 11) is 1.71. The highest BCUT2D eigenvalue weighted by atomic mass is 127.